The van der Waals surface area contributed by atoms with E-state index in [9.17, 15) is 14.4 Å². The molecule has 1 aromatic heterocycles. The minimum Gasteiger partial charge on any atom is -0.349 e. The third-order valence-corrected chi connectivity index (χ3v) is 2.29. The molecular formula is C10H17N7O3. The Morgan fingerprint density at radius 3 is 2.75 bits per heavy atom. The lowest BCUT2D eigenvalue weighted by atomic mass is 10.4. The highest BCUT2D eigenvalue weighted by Crippen LogP contribution is 1.94. The number of aryl methyl sites for hydroxylation is 1. The Bertz CT molecular complexity index is 485. The molecule has 0 aliphatic rings. The Morgan fingerprint density at radius 1 is 1.35 bits per heavy atom. The van der Waals surface area contributed by atoms with Crippen LogP contribution in [0.2, 0.25) is 0 Å². The third kappa shape index (κ3) is 5.44. The zero-order valence-corrected chi connectivity index (χ0v) is 11.0. The molecule has 0 spiro atoms. The number of amides is 4. The van der Waals surface area contributed by atoms with Crippen molar-refractivity contribution in [1.29, 1.82) is 0 Å². The van der Waals surface area contributed by atoms with E-state index in [0.717, 1.165) is 0 Å². The topological polar surface area (TPSA) is 144 Å². The fourth-order valence-corrected chi connectivity index (χ4v) is 1.26. The summed E-state index contributed by atoms with van der Waals surface area (Å²) in [5, 5.41) is 14.6. The number of carbonyl (C=O) groups is 3. The lowest BCUT2D eigenvalue weighted by molar-refractivity contribution is -0.120. The van der Waals surface area contributed by atoms with Gasteiger partial charge in [0.05, 0.1) is 25.8 Å². The minimum atomic E-state index is -0.557. The molecule has 0 saturated heterocycles. The Balaban J connectivity index is 2.35. The summed E-state index contributed by atoms with van der Waals surface area (Å²) in [6.07, 6.45) is 1.69. The van der Waals surface area contributed by atoms with Gasteiger partial charge in [0.2, 0.25) is 11.8 Å². The van der Waals surface area contributed by atoms with E-state index >= 15 is 0 Å². The molecule has 0 aromatic carbocycles. The van der Waals surface area contributed by atoms with Gasteiger partial charge in [-0.2, -0.15) is 0 Å². The molecule has 110 valence electrons. The highest BCUT2D eigenvalue weighted by atomic mass is 16.2. The maximum atomic E-state index is 11.3. The number of aromatic nitrogens is 3. The highest BCUT2D eigenvalue weighted by Gasteiger charge is 2.07. The van der Waals surface area contributed by atoms with Gasteiger partial charge in [0.15, 0.2) is 0 Å². The second-order valence-corrected chi connectivity index (χ2v) is 3.83. The van der Waals surface area contributed by atoms with Crippen LogP contribution < -0.4 is 21.7 Å². The first kappa shape index (κ1) is 15.6. The summed E-state index contributed by atoms with van der Waals surface area (Å²) in [6.45, 7) is 0.412. The van der Waals surface area contributed by atoms with Crippen LogP contribution in [0.25, 0.3) is 0 Å². The van der Waals surface area contributed by atoms with E-state index in [1.54, 1.807) is 6.20 Å². The van der Waals surface area contributed by atoms with Crippen molar-refractivity contribution in [3.8, 4) is 0 Å². The molecule has 20 heavy (non-hydrogen) atoms. The summed E-state index contributed by atoms with van der Waals surface area (Å²) in [5.41, 5.74) is 5.70. The van der Waals surface area contributed by atoms with Gasteiger partial charge in [-0.05, 0) is 0 Å². The summed E-state index contributed by atoms with van der Waals surface area (Å²) < 4.78 is 1.45. The number of imide groups is 1. The quantitative estimate of drug-likeness (QED) is 0.462. The molecule has 4 amide bonds. The van der Waals surface area contributed by atoms with Gasteiger partial charge in [-0.15, -0.1) is 5.10 Å². The van der Waals surface area contributed by atoms with Crippen molar-refractivity contribution >= 4 is 17.8 Å². The molecule has 1 rings (SSSR count). The van der Waals surface area contributed by atoms with Gasteiger partial charge < -0.3 is 16.4 Å². The predicted octanol–water partition coefficient (Wildman–Crippen LogP) is -2.30. The number of nitrogens with one attached hydrogen (secondary N) is 3. The Morgan fingerprint density at radius 2 is 2.10 bits per heavy atom. The van der Waals surface area contributed by atoms with E-state index in [4.69, 9.17) is 5.73 Å². The van der Waals surface area contributed by atoms with Crippen molar-refractivity contribution in [2.45, 2.75) is 19.5 Å². The predicted molar refractivity (Wildman–Crippen MR) is 68.1 cm³/mol. The summed E-state index contributed by atoms with van der Waals surface area (Å²) in [7, 11) is 1.42. The lowest BCUT2D eigenvalue weighted by Gasteiger charge is -2.02. The molecule has 0 saturated carbocycles. The fraction of sp³-hybridized carbons (Fsp3) is 0.500. The number of nitrogens with two attached hydrogens (primary N) is 1. The van der Waals surface area contributed by atoms with E-state index in [2.05, 4.69) is 26.3 Å². The molecule has 10 heteroatoms. The lowest BCUT2D eigenvalue weighted by Crippen LogP contribution is -2.37. The van der Waals surface area contributed by atoms with Crippen molar-refractivity contribution in [3.05, 3.63) is 11.9 Å². The van der Waals surface area contributed by atoms with Gasteiger partial charge in [-0.25, -0.2) is 4.79 Å². The van der Waals surface area contributed by atoms with Gasteiger partial charge in [0.1, 0.15) is 5.69 Å². The zero-order chi connectivity index (χ0) is 15.0. The summed E-state index contributed by atoms with van der Waals surface area (Å²) in [4.78, 5) is 33.2. The molecule has 1 heterocycles. The first-order chi connectivity index (χ1) is 9.55. The van der Waals surface area contributed by atoms with Gasteiger partial charge in [0, 0.05) is 13.5 Å². The standard InChI is InChI=1S/C10H17N7O3/c1-12-10(20)14-8(18)2-3-17-6-7(15-16-17)5-13-9(19)4-11/h6H,2-5,11H2,1H3,(H,13,19)(H2,12,14,18,20). The van der Waals surface area contributed by atoms with Crippen LogP contribution in [0.15, 0.2) is 6.20 Å². The molecule has 0 unspecified atom stereocenters. The second-order valence-electron chi connectivity index (χ2n) is 3.83. The highest BCUT2D eigenvalue weighted by molar-refractivity contribution is 5.94. The van der Waals surface area contributed by atoms with Crippen LogP contribution in [-0.4, -0.2) is 46.4 Å². The van der Waals surface area contributed by atoms with Crippen molar-refractivity contribution < 1.29 is 14.4 Å². The number of carbonyl (C=O) groups excluding carboxylic acids is 3. The third-order valence-electron chi connectivity index (χ3n) is 2.29. The summed E-state index contributed by atoms with van der Waals surface area (Å²) in [6, 6.07) is -0.557. The summed E-state index contributed by atoms with van der Waals surface area (Å²) >= 11 is 0. The van der Waals surface area contributed by atoms with Crippen molar-refractivity contribution in [2.75, 3.05) is 13.6 Å². The van der Waals surface area contributed by atoms with Crippen LogP contribution in [0.1, 0.15) is 12.1 Å². The monoisotopic (exact) mass is 283 g/mol. The van der Waals surface area contributed by atoms with Crippen LogP contribution in [0.3, 0.4) is 0 Å². The van der Waals surface area contributed by atoms with Gasteiger partial charge in [-0.3, -0.25) is 19.6 Å². The molecule has 10 nitrogen and oxygen atoms in total. The molecule has 0 fully saturated rings. The van der Waals surface area contributed by atoms with Gasteiger partial charge in [-0.1, -0.05) is 5.21 Å². The van der Waals surface area contributed by atoms with E-state index in [1.807, 2.05) is 0 Å². The maximum absolute atomic E-state index is 11.3. The Hall–Kier alpha value is -2.49. The van der Waals surface area contributed by atoms with Gasteiger partial charge in [0.25, 0.3) is 0 Å². The smallest absolute Gasteiger partial charge is 0.321 e. The normalized spacial score (nSPS) is 9.90. The molecule has 1 aromatic rings. The van der Waals surface area contributed by atoms with Crippen LogP contribution in [0.4, 0.5) is 4.79 Å². The van der Waals surface area contributed by atoms with Crippen LogP contribution >= 0.6 is 0 Å². The molecule has 0 aliphatic heterocycles. The average molecular weight is 283 g/mol. The number of nitrogens with zero attached hydrogens (tertiary/aromatic N) is 3. The van der Waals surface area contributed by atoms with Crippen LogP contribution in [0, 0.1) is 0 Å². The van der Waals surface area contributed by atoms with Crippen molar-refractivity contribution in [2.24, 2.45) is 5.73 Å². The van der Waals surface area contributed by atoms with E-state index < -0.39 is 11.9 Å². The number of urea groups is 1. The molecule has 0 bridgehead atoms. The van der Waals surface area contributed by atoms with E-state index in [-0.39, 0.29) is 32.0 Å². The molecule has 0 atom stereocenters. The number of hydrogen-bond donors (Lipinski definition) is 4. The van der Waals surface area contributed by atoms with Crippen LogP contribution in [-0.2, 0) is 22.7 Å². The molecule has 5 N–H and O–H groups in total. The molecule has 0 radical (unpaired) electrons. The molecule has 0 aliphatic carbocycles. The van der Waals surface area contributed by atoms with Crippen LogP contribution in [0.5, 0.6) is 0 Å². The van der Waals surface area contributed by atoms with E-state index in [0.29, 0.717) is 5.69 Å². The largest absolute Gasteiger partial charge is 0.349 e. The Labute approximate surface area is 115 Å². The zero-order valence-electron chi connectivity index (χ0n) is 11.0. The molecular weight excluding hydrogens is 266 g/mol. The Kier molecular flexibility index (Phi) is 6.10. The average Bonchev–Trinajstić information content (AvgIpc) is 2.90. The van der Waals surface area contributed by atoms with E-state index in [1.165, 1.54) is 11.7 Å². The van der Waals surface area contributed by atoms with Gasteiger partial charge >= 0.3 is 6.03 Å². The minimum absolute atomic E-state index is 0.0887. The second kappa shape index (κ2) is 7.84. The van der Waals surface area contributed by atoms with Crippen molar-refractivity contribution in [3.63, 3.8) is 0 Å². The number of hydrogen-bond acceptors (Lipinski definition) is 6. The fourth-order valence-electron chi connectivity index (χ4n) is 1.26. The SMILES string of the molecule is CNC(=O)NC(=O)CCn1cc(CNC(=O)CN)nn1. The first-order valence-corrected chi connectivity index (χ1v) is 5.92. The van der Waals surface area contributed by atoms with Crippen molar-refractivity contribution in [1.82, 2.24) is 30.9 Å². The summed E-state index contributed by atoms with van der Waals surface area (Å²) in [5.74, 6) is -0.706. The maximum Gasteiger partial charge on any atom is 0.321 e. The number of rotatable bonds is 6. The first-order valence-electron chi connectivity index (χ1n) is 5.92.